The van der Waals surface area contributed by atoms with E-state index in [2.05, 4.69) is 30.9 Å². The molecule has 4 N–H and O–H groups in total. The minimum absolute atomic E-state index is 0.0448. The van der Waals surface area contributed by atoms with Crippen LogP contribution in [0.5, 0.6) is 0 Å². The van der Waals surface area contributed by atoms with Crippen LogP contribution in [0.3, 0.4) is 0 Å². The highest BCUT2D eigenvalue weighted by Crippen LogP contribution is 2.50. The van der Waals surface area contributed by atoms with Gasteiger partial charge in [0.25, 0.3) is 0 Å². The fourth-order valence-electron chi connectivity index (χ4n) is 4.49. The first kappa shape index (κ1) is 19.5. The van der Waals surface area contributed by atoms with Gasteiger partial charge in [-0.3, -0.25) is 9.97 Å². The number of fused-ring (bicyclic) bond motifs is 1. The zero-order valence-corrected chi connectivity index (χ0v) is 17.9. The topological polar surface area (TPSA) is 107 Å². The lowest BCUT2D eigenvalue weighted by Gasteiger charge is -2.42. The van der Waals surface area contributed by atoms with E-state index in [0.717, 1.165) is 48.8 Å². The van der Waals surface area contributed by atoms with Gasteiger partial charge in [0.2, 0.25) is 0 Å². The lowest BCUT2D eigenvalue weighted by molar-refractivity contribution is 0.186. The summed E-state index contributed by atoms with van der Waals surface area (Å²) in [5.74, 6) is 1.20. The molecule has 9 heteroatoms. The SMILES string of the molecule is Nc1nc(N2CCC3(CC2)Cc2ncccc2C3N)cnc1Sc1ccncc1Cl. The van der Waals surface area contributed by atoms with Crippen molar-refractivity contribution in [3.63, 3.8) is 0 Å². The van der Waals surface area contributed by atoms with Gasteiger partial charge in [-0.15, -0.1) is 0 Å². The quantitative estimate of drug-likeness (QED) is 0.638. The number of pyridine rings is 2. The van der Waals surface area contributed by atoms with Crippen molar-refractivity contribution in [2.24, 2.45) is 11.1 Å². The zero-order valence-electron chi connectivity index (χ0n) is 16.3. The maximum atomic E-state index is 6.65. The molecule has 2 aliphatic rings. The number of aromatic nitrogens is 4. The van der Waals surface area contributed by atoms with Crippen LogP contribution in [-0.2, 0) is 6.42 Å². The molecule has 154 valence electrons. The Morgan fingerprint density at radius 3 is 2.70 bits per heavy atom. The Hall–Kier alpha value is -2.42. The van der Waals surface area contributed by atoms with Gasteiger partial charge >= 0.3 is 0 Å². The molecule has 1 saturated heterocycles. The van der Waals surface area contributed by atoms with E-state index in [4.69, 9.17) is 23.1 Å². The number of anilines is 2. The molecule has 7 nitrogen and oxygen atoms in total. The van der Waals surface area contributed by atoms with Crippen molar-refractivity contribution in [3.05, 3.63) is 59.3 Å². The summed E-state index contributed by atoms with van der Waals surface area (Å²) in [5.41, 5.74) is 15.3. The van der Waals surface area contributed by atoms with E-state index in [1.54, 1.807) is 18.6 Å². The van der Waals surface area contributed by atoms with Crippen LogP contribution < -0.4 is 16.4 Å². The van der Waals surface area contributed by atoms with E-state index in [9.17, 15) is 0 Å². The molecule has 1 aliphatic heterocycles. The fraction of sp³-hybridized carbons (Fsp3) is 0.333. The molecule has 0 aromatic carbocycles. The predicted octanol–water partition coefficient (Wildman–Crippen LogP) is 3.50. The lowest BCUT2D eigenvalue weighted by Crippen LogP contribution is -2.44. The van der Waals surface area contributed by atoms with Gasteiger partial charge in [-0.2, -0.15) is 0 Å². The maximum Gasteiger partial charge on any atom is 0.158 e. The highest BCUT2D eigenvalue weighted by molar-refractivity contribution is 7.99. The molecule has 30 heavy (non-hydrogen) atoms. The van der Waals surface area contributed by atoms with Gasteiger partial charge < -0.3 is 16.4 Å². The van der Waals surface area contributed by atoms with E-state index in [0.29, 0.717) is 15.9 Å². The Labute approximate surface area is 184 Å². The van der Waals surface area contributed by atoms with Gasteiger partial charge in [0.05, 0.1) is 11.2 Å². The number of hydrogen-bond acceptors (Lipinski definition) is 8. The molecular weight excluding hydrogens is 418 g/mol. The van der Waals surface area contributed by atoms with Crippen molar-refractivity contribution in [2.45, 2.75) is 35.2 Å². The van der Waals surface area contributed by atoms with Crippen molar-refractivity contribution in [1.82, 2.24) is 19.9 Å². The van der Waals surface area contributed by atoms with E-state index in [1.807, 2.05) is 18.3 Å². The minimum atomic E-state index is 0.0448. The number of hydrogen-bond donors (Lipinski definition) is 2. The predicted molar refractivity (Wildman–Crippen MR) is 119 cm³/mol. The van der Waals surface area contributed by atoms with Crippen LogP contribution in [0.1, 0.15) is 30.1 Å². The molecule has 5 rings (SSSR count). The van der Waals surface area contributed by atoms with Gasteiger partial charge in [0.15, 0.2) is 5.82 Å². The van der Waals surface area contributed by atoms with Gasteiger partial charge in [-0.1, -0.05) is 29.4 Å². The second-order valence-corrected chi connectivity index (χ2v) is 9.31. The molecule has 1 spiro atoms. The number of nitrogens with two attached hydrogens (primary N) is 2. The summed E-state index contributed by atoms with van der Waals surface area (Å²) in [6.07, 6.45) is 9.89. The zero-order chi connectivity index (χ0) is 20.7. The van der Waals surface area contributed by atoms with E-state index in [-0.39, 0.29) is 11.5 Å². The monoisotopic (exact) mass is 439 g/mol. The summed E-state index contributed by atoms with van der Waals surface area (Å²) >= 11 is 7.58. The molecule has 1 aliphatic carbocycles. The van der Waals surface area contributed by atoms with E-state index >= 15 is 0 Å². The molecule has 0 bridgehead atoms. The van der Waals surface area contributed by atoms with Gasteiger partial charge in [-0.05, 0) is 42.4 Å². The number of halogens is 1. The maximum absolute atomic E-state index is 6.65. The first-order valence-corrected chi connectivity index (χ1v) is 11.1. The van der Waals surface area contributed by atoms with Crippen LogP contribution >= 0.6 is 23.4 Å². The normalized spacial score (nSPS) is 19.8. The summed E-state index contributed by atoms with van der Waals surface area (Å²) < 4.78 is 0. The summed E-state index contributed by atoms with van der Waals surface area (Å²) in [5, 5.41) is 1.21. The summed E-state index contributed by atoms with van der Waals surface area (Å²) in [6, 6.07) is 5.97. The first-order chi connectivity index (χ1) is 14.6. The minimum Gasteiger partial charge on any atom is -0.381 e. The average molecular weight is 440 g/mol. The molecular formula is C21H22ClN7S. The summed E-state index contributed by atoms with van der Waals surface area (Å²) in [6.45, 7) is 1.75. The molecule has 0 saturated carbocycles. The Morgan fingerprint density at radius 2 is 1.97 bits per heavy atom. The largest absolute Gasteiger partial charge is 0.381 e. The highest BCUT2D eigenvalue weighted by Gasteiger charge is 2.46. The van der Waals surface area contributed by atoms with Gasteiger partial charge in [0.1, 0.15) is 10.8 Å². The number of rotatable bonds is 3. The van der Waals surface area contributed by atoms with Crippen molar-refractivity contribution >= 4 is 35.0 Å². The summed E-state index contributed by atoms with van der Waals surface area (Å²) in [7, 11) is 0. The van der Waals surface area contributed by atoms with Crippen molar-refractivity contribution in [3.8, 4) is 0 Å². The third-order valence-electron chi connectivity index (χ3n) is 6.22. The Bertz CT molecular complexity index is 1080. The second kappa shape index (κ2) is 7.68. The molecule has 1 unspecified atom stereocenters. The van der Waals surface area contributed by atoms with E-state index in [1.165, 1.54) is 17.3 Å². The third-order valence-corrected chi connectivity index (χ3v) is 7.71. The van der Waals surface area contributed by atoms with Crippen LogP contribution in [0.25, 0.3) is 0 Å². The Balaban J connectivity index is 1.29. The Kier molecular flexibility index (Phi) is 5.00. The molecule has 1 fully saturated rings. The second-order valence-electron chi connectivity index (χ2n) is 7.87. The molecule has 1 atom stereocenters. The van der Waals surface area contributed by atoms with Crippen LogP contribution in [0.4, 0.5) is 11.6 Å². The molecule has 0 radical (unpaired) electrons. The molecule has 3 aromatic heterocycles. The molecule has 3 aromatic rings. The van der Waals surface area contributed by atoms with Crippen molar-refractivity contribution in [1.29, 1.82) is 0 Å². The fourth-order valence-corrected chi connectivity index (χ4v) is 5.46. The van der Waals surface area contributed by atoms with Crippen LogP contribution in [0, 0.1) is 5.41 Å². The van der Waals surface area contributed by atoms with Gasteiger partial charge in [0, 0.05) is 48.3 Å². The van der Waals surface area contributed by atoms with Crippen LogP contribution in [0.2, 0.25) is 5.02 Å². The van der Waals surface area contributed by atoms with Crippen LogP contribution in [-0.4, -0.2) is 33.0 Å². The number of piperidine rings is 1. The van der Waals surface area contributed by atoms with Gasteiger partial charge in [-0.25, -0.2) is 9.97 Å². The summed E-state index contributed by atoms with van der Waals surface area (Å²) in [4.78, 5) is 20.8. The van der Waals surface area contributed by atoms with Crippen molar-refractivity contribution < 1.29 is 0 Å². The lowest BCUT2D eigenvalue weighted by atomic mass is 9.73. The molecule has 4 heterocycles. The Morgan fingerprint density at radius 1 is 1.13 bits per heavy atom. The van der Waals surface area contributed by atoms with Crippen molar-refractivity contribution in [2.75, 3.05) is 23.7 Å². The van der Waals surface area contributed by atoms with Crippen LogP contribution in [0.15, 0.2) is 52.9 Å². The first-order valence-electron chi connectivity index (χ1n) is 9.90. The van der Waals surface area contributed by atoms with E-state index < -0.39 is 0 Å². The third kappa shape index (κ3) is 3.38. The number of nitrogen functional groups attached to an aromatic ring is 1. The number of nitrogens with zero attached hydrogens (tertiary/aromatic N) is 5. The average Bonchev–Trinajstić information content (AvgIpc) is 3.03. The smallest absolute Gasteiger partial charge is 0.158 e. The molecule has 0 amide bonds. The highest BCUT2D eigenvalue weighted by atomic mass is 35.5. The standard InChI is InChI=1S/C21H22ClN7S/c22-14-11-25-7-3-16(14)30-20-19(24)28-17(12-27-20)29-8-4-21(5-9-29)10-15-13(18(21)23)2-1-6-26-15/h1-3,6-7,11-12,18H,4-5,8-10,23H2,(H2,24,28).